The van der Waals surface area contributed by atoms with Crippen molar-refractivity contribution in [2.75, 3.05) is 59.3 Å². The summed E-state index contributed by atoms with van der Waals surface area (Å²) in [5, 5.41) is 8.58. The van der Waals surface area contributed by atoms with Gasteiger partial charge >= 0.3 is 0 Å². The number of hydrogen-bond acceptors (Lipinski definition) is 5. The maximum atomic E-state index is 8.58. The minimum atomic E-state index is 0.464. The summed E-state index contributed by atoms with van der Waals surface area (Å²) in [4.78, 5) is 2.04. The fraction of sp³-hybridized carbons (Fsp3) is 0.929. The SMILES string of the molecule is CCCCOCCOCCOCCN(CC)CC#N. The molecule has 0 aliphatic carbocycles. The average Bonchev–Trinajstić information content (AvgIpc) is 2.43. The molecule has 0 saturated carbocycles. The summed E-state index contributed by atoms with van der Waals surface area (Å²) in [6, 6.07) is 2.14. The van der Waals surface area contributed by atoms with Crippen LogP contribution in [0.2, 0.25) is 0 Å². The molecule has 5 heteroatoms. The molecule has 0 aromatic heterocycles. The smallest absolute Gasteiger partial charge is 0.0866 e. The second kappa shape index (κ2) is 15.4. The van der Waals surface area contributed by atoms with Crippen molar-refractivity contribution in [3.05, 3.63) is 0 Å². The monoisotopic (exact) mass is 272 g/mol. The van der Waals surface area contributed by atoms with Crippen molar-refractivity contribution in [2.24, 2.45) is 0 Å². The Bertz CT molecular complexity index is 219. The summed E-state index contributed by atoms with van der Waals surface area (Å²) in [7, 11) is 0. The van der Waals surface area contributed by atoms with Crippen LogP contribution in [-0.4, -0.2) is 64.2 Å². The second-order valence-electron chi connectivity index (χ2n) is 4.22. The quantitative estimate of drug-likeness (QED) is 0.356. The lowest BCUT2D eigenvalue weighted by molar-refractivity contribution is 0.0109. The number of hydrogen-bond donors (Lipinski definition) is 0. The molecule has 0 spiro atoms. The first-order valence-corrected chi connectivity index (χ1v) is 7.17. The van der Waals surface area contributed by atoms with E-state index in [1.54, 1.807) is 0 Å². The molecule has 0 aromatic rings. The zero-order chi connectivity index (χ0) is 14.2. The molecule has 0 radical (unpaired) electrons. The van der Waals surface area contributed by atoms with Gasteiger partial charge in [-0.25, -0.2) is 0 Å². The molecule has 0 amide bonds. The fourth-order valence-electron chi connectivity index (χ4n) is 1.43. The van der Waals surface area contributed by atoms with E-state index in [2.05, 4.69) is 13.0 Å². The van der Waals surface area contributed by atoms with Crippen molar-refractivity contribution in [1.82, 2.24) is 4.90 Å². The van der Waals surface area contributed by atoms with Crippen LogP contribution in [-0.2, 0) is 14.2 Å². The molecule has 0 aliphatic heterocycles. The van der Waals surface area contributed by atoms with E-state index >= 15 is 0 Å². The highest BCUT2D eigenvalue weighted by molar-refractivity contribution is 4.75. The third kappa shape index (κ3) is 13.6. The van der Waals surface area contributed by atoms with Crippen LogP contribution in [0, 0.1) is 11.3 Å². The first kappa shape index (κ1) is 18.3. The van der Waals surface area contributed by atoms with E-state index in [4.69, 9.17) is 19.5 Å². The van der Waals surface area contributed by atoms with Crippen molar-refractivity contribution in [3.63, 3.8) is 0 Å². The Kier molecular flexibility index (Phi) is 14.8. The maximum absolute atomic E-state index is 8.58. The van der Waals surface area contributed by atoms with E-state index in [1.165, 1.54) is 0 Å². The Hall–Kier alpha value is -0.670. The van der Waals surface area contributed by atoms with Crippen molar-refractivity contribution in [1.29, 1.82) is 5.26 Å². The molecule has 0 fully saturated rings. The molecule has 0 bridgehead atoms. The predicted molar refractivity (Wildman–Crippen MR) is 75.1 cm³/mol. The molecular weight excluding hydrogens is 244 g/mol. The van der Waals surface area contributed by atoms with Crippen LogP contribution in [0.3, 0.4) is 0 Å². The zero-order valence-corrected chi connectivity index (χ0v) is 12.4. The first-order valence-electron chi connectivity index (χ1n) is 7.17. The van der Waals surface area contributed by atoms with Gasteiger partial charge in [0.15, 0.2) is 0 Å². The lowest BCUT2D eigenvalue weighted by Gasteiger charge is -2.16. The molecule has 0 heterocycles. The highest BCUT2D eigenvalue weighted by Gasteiger charge is 2.00. The molecular formula is C14H28N2O3. The van der Waals surface area contributed by atoms with Gasteiger partial charge < -0.3 is 14.2 Å². The Morgan fingerprint density at radius 3 is 2.00 bits per heavy atom. The minimum Gasteiger partial charge on any atom is -0.379 e. The maximum Gasteiger partial charge on any atom is 0.0866 e. The lowest BCUT2D eigenvalue weighted by atomic mass is 10.4. The Morgan fingerprint density at radius 1 is 0.895 bits per heavy atom. The molecule has 0 N–H and O–H groups in total. The largest absolute Gasteiger partial charge is 0.379 e. The number of rotatable bonds is 14. The highest BCUT2D eigenvalue weighted by Crippen LogP contribution is 1.89. The van der Waals surface area contributed by atoms with Gasteiger partial charge in [0.25, 0.3) is 0 Å². The zero-order valence-electron chi connectivity index (χ0n) is 12.4. The molecule has 0 atom stereocenters. The molecule has 0 aliphatic rings. The van der Waals surface area contributed by atoms with Crippen molar-refractivity contribution in [2.45, 2.75) is 26.7 Å². The van der Waals surface area contributed by atoms with Gasteiger partial charge in [0, 0.05) is 13.2 Å². The van der Waals surface area contributed by atoms with Crippen LogP contribution in [0.15, 0.2) is 0 Å². The number of nitrogens with zero attached hydrogens (tertiary/aromatic N) is 2. The van der Waals surface area contributed by atoms with E-state index in [0.29, 0.717) is 39.6 Å². The Balaban J connectivity index is 3.12. The number of likely N-dealkylation sites (N-methyl/N-ethyl adjacent to an activating group) is 1. The summed E-state index contributed by atoms with van der Waals surface area (Å²) in [6.45, 7) is 10.3. The lowest BCUT2D eigenvalue weighted by Crippen LogP contribution is -2.28. The van der Waals surface area contributed by atoms with Crippen molar-refractivity contribution >= 4 is 0 Å². The van der Waals surface area contributed by atoms with Crippen molar-refractivity contribution in [3.8, 4) is 6.07 Å². The minimum absolute atomic E-state index is 0.464. The Labute approximate surface area is 117 Å². The average molecular weight is 272 g/mol. The van der Waals surface area contributed by atoms with Gasteiger partial charge in [0.1, 0.15) is 0 Å². The topological polar surface area (TPSA) is 54.7 Å². The van der Waals surface area contributed by atoms with Crippen LogP contribution in [0.25, 0.3) is 0 Å². The fourth-order valence-corrected chi connectivity index (χ4v) is 1.43. The van der Waals surface area contributed by atoms with Gasteiger partial charge in [0.2, 0.25) is 0 Å². The highest BCUT2D eigenvalue weighted by atomic mass is 16.5. The van der Waals surface area contributed by atoms with Gasteiger partial charge in [-0.3, -0.25) is 4.90 Å². The molecule has 0 unspecified atom stereocenters. The third-order valence-corrected chi connectivity index (χ3v) is 2.68. The van der Waals surface area contributed by atoms with Gasteiger partial charge in [-0.15, -0.1) is 0 Å². The van der Waals surface area contributed by atoms with Gasteiger partial charge in [-0.05, 0) is 13.0 Å². The summed E-state index contributed by atoms with van der Waals surface area (Å²) < 4.78 is 16.2. The van der Waals surface area contributed by atoms with Crippen LogP contribution in [0.1, 0.15) is 26.7 Å². The summed E-state index contributed by atoms with van der Waals surface area (Å²) in [5.41, 5.74) is 0. The standard InChI is InChI=1S/C14H28N2O3/c1-3-5-9-17-11-13-19-14-12-18-10-8-16(4-2)7-6-15/h3-5,7-14H2,1-2H3. The Morgan fingerprint density at radius 2 is 1.47 bits per heavy atom. The van der Waals surface area contributed by atoms with E-state index in [0.717, 1.165) is 32.5 Å². The summed E-state index contributed by atoms with van der Waals surface area (Å²) in [5.74, 6) is 0. The molecule has 112 valence electrons. The van der Waals surface area contributed by atoms with E-state index in [9.17, 15) is 0 Å². The van der Waals surface area contributed by atoms with E-state index in [-0.39, 0.29) is 0 Å². The summed E-state index contributed by atoms with van der Waals surface area (Å²) in [6.07, 6.45) is 2.27. The molecule has 0 saturated heterocycles. The van der Waals surface area contributed by atoms with Gasteiger partial charge in [0.05, 0.1) is 45.6 Å². The predicted octanol–water partition coefficient (Wildman–Crippen LogP) is 1.68. The van der Waals surface area contributed by atoms with Gasteiger partial charge in [-0.2, -0.15) is 5.26 Å². The number of nitriles is 1. The molecule has 19 heavy (non-hydrogen) atoms. The van der Waals surface area contributed by atoms with Crippen LogP contribution in [0.4, 0.5) is 0 Å². The van der Waals surface area contributed by atoms with E-state index < -0.39 is 0 Å². The third-order valence-electron chi connectivity index (χ3n) is 2.68. The van der Waals surface area contributed by atoms with Crippen LogP contribution < -0.4 is 0 Å². The summed E-state index contributed by atoms with van der Waals surface area (Å²) >= 11 is 0. The van der Waals surface area contributed by atoms with E-state index in [1.807, 2.05) is 11.8 Å². The van der Waals surface area contributed by atoms with Gasteiger partial charge in [-0.1, -0.05) is 20.3 Å². The molecule has 5 nitrogen and oxygen atoms in total. The molecule has 0 rings (SSSR count). The van der Waals surface area contributed by atoms with Crippen LogP contribution >= 0.6 is 0 Å². The normalized spacial score (nSPS) is 10.8. The molecule has 0 aromatic carbocycles. The van der Waals surface area contributed by atoms with Crippen LogP contribution in [0.5, 0.6) is 0 Å². The number of ether oxygens (including phenoxy) is 3. The van der Waals surface area contributed by atoms with Crippen molar-refractivity contribution < 1.29 is 14.2 Å². The second-order valence-corrected chi connectivity index (χ2v) is 4.22. The number of unbranched alkanes of at least 4 members (excludes halogenated alkanes) is 1. The first-order chi connectivity index (χ1) is 9.35.